The zero-order valence-corrected chi connectivity index (χ0v) is 19.7. The Morgan fingerprint density at radius 2 is 1.79 bits per heavy atom. The molecule has 0 saturated carbocycles. The van der Waals surface area contributed by atoms with Gasteiger partial charge in [0.25, 0.3) is 15.9 Å². The van der Waals surface area contributed by atoms with Crippen LogP contribution in [0.25, 0.3) is 0 Å². The zero-order chi connectivity index (χ0) is 24.4. The van der Waals surface area contributed by atoms with Gasteiger partial charge in [-0.25, -0.2) is 18.0 Å². The molecule has 3 rings (SSSR count). The lowest BCUT2D eigenvalue weighted by atomic mass is 10.1. The molecule has 3 amide bonds. The van der Waals surface area contributed by atoms with Gasteiger partial charge in [-0.3, -0.25) is 14.4 Å². The fourth-order valence-electron chi connectivity index (χ4n) is 3.55. The summed E-state index contributed by atoms with van der Waals surface area (Å²) in [7, 11) is -3.93. The van der Waals surface area contributed by atoms with Crippen molar-refractivity contribution in [3.05, 3.63) is 59.7 Å². The standard InChI is InChI=1S/C23H27N3O6S/c1-15-12-16-8-5-6-11-19(16)26(15)33(30,31)18-10-7-9-17(13-18)21(28)32-14-20(27)24-22(29)25-23(2,3)4/h5-11,13,15H,12,14H2,1-4H3,(H2,24,25,27,29)/t15-/m0/s1. The van der Waals surface area contributed by atoms with Crippen LogP contribution < -0.4 is 14.9 Å². The second-order valence-electron chi connectivity index (χ2n) is 8.84. The van der Waals surface area contributed by atoms with Gasteiger partial charge in [-0.15, -0.1) is 0 Å². The van der Waals surface area contributed by atoms with Crippen LogP contribution in [0.3, 0.4) is 0 Å². The SMILES string of the molecule is C[C@H]1Cc2ccccc2N1S(=O)(=O)c1cccc(C(=O)OCC(=O)NC(=O)NC(C)(C)C)c1. The van der Waals surface area contributed by atoms with E-state index in [0.717, 1.165) is 5.56 Å². The van der Waals surface area contributed by atoms with Gasteiger partial charge in [0.05, 0.1) is 16.1 Å². The monoisotopic (exact) mass is 473 g/mol. The largest absolute Gasteiger partial charge is 0.452 e. The number of rotatable bonds is 5. The van der Waals surface area contributed by atoms with E-state index < -0.39 is 40.1 Å². The maximum absolute atomic E-state index is 13.3. The minimum absolute atomic E-state index is 0.0249. The lowest BCUT2D eigenvalue weighted by Gasteiger charge is -2.24. The zero-order valence-electron chi connectivity index (χ0n) is 18.9. The molecule has 10 heteroatoms. The Bertz CT molecular complexity index is 1190. The number of hydrogen-bond acceptors (Lipinski definition) is 6. The van der Waals surface area contributed by atoms with Crippen LogP contribution in [0.2, 0.25) is 0 Å². The highest BCUT2D eigenvalue weighted by atomic mass is 32.2. The maximum atomic E-state index is 13.3. The number of carbonyl (C=O) groups is 3. The molecule has 0 radical (unpaired) electrons. The summed E-state index contributed by atoms with van der Waals surface area (Å²) < 4.78 is 33.0. The first-order chi connectivity index (χ1) is 15.4. The summed E-state index contributed by atoms with van der Waals surface area (Å²) in [6.07, 6.45) is 0.592. The Labute approximate surface area is 193 Å². The van der Waals surface area contributed by atoms with Crippen molar-refractivity contribution in [3.8, 4) is 0 Å². The van der Waals surface area contributed by atoms with Crippen molar-refractivity contribution in [3.63, 3.8) is 0 Å². The topological polar surface area (TPSA) is 122 Å². The van der Waals surface area contributed by atoms with Gasteiger partial charge in [-0.05, 0) is 63.9 Å². The third kappa shape index (κ3) is 5.70. The van der Waals surface area contributed by atoms with Gasteiger partial charge in [0, 0.05) is 11.6 Å². The summed E-state index contributed by atoms with van der Waals surface area (Å²) in [5, 5.41) is 4.61. The smallest absolute Gasteiger partial charge is 0.338 e. The molecule has 176 valence electrons. The van der Waals surface area contributed by atoms with E-state index in [1.165, 1.54) is 28.6 Å². The molecule has 33 heavy (non-hydrogen) atoms. The Balaban J connectivity index is 1.70. The summed E-state index contributed by atoms with van der Waals surface area (Å²) >= 11 is 0. The van der Waals surface area contributed by atoms with Gasteiger partial charge in [0.1, 0.15) is 0 Å². The van der Waals surface area contributed by atoms with Crippen molar-refractivity contribution in [1.82, 2.24) is 10.6 Å². The van der Waals surface area contributed by atoms with Gasteiger partial charge >= 0.3 is 12.0 Å². The Morgan fingerprint density at radius 3 is 2.48 bits per heavy atom. The quantitative estimate of drug-likeness (QED) is 0.644. The molecule has 1 atom stereocenters. The molecule has 0 spiro atoms. The Kier molecular flexibility index (Phi) is 6.78. The van der Waals surface area contributed by atoms with E-state index in [9.17, 15) is 22.8 Å². The summed E-state index contributed by atoms with van der Waals surface area (Å²) in [6, 6.07) is 11.8. The lowest BCUT2D eigenvalue weighted by Crippen LogP contribution is -2.49. The van der Waals surface area contributed by atoms with Crippen LogP contribution in [0.4, 0.5) is 10.5 Å². The number of imide groups is 1. The van der Waals surface area contributed by atoms with Crippen LogP contribution in [-0.4, -0.2) is 44.5 Å². The maximum Gasteiger partial charge on any atom is 0.338 e. The number of anilines is 1. The molecule has 0 unspecified atom stereocenters. The van der Waals surface area contributed by atoms with Crippen LogP contribution in [0.15, 0.2) is 53.4 Å². The number of sulfonamides is 1. The highest BCUT2D eigenvalue weighted by Crippen LogP contribution is 2.36. The predicted molar refractivity (Wildman–Crippen MR) is 122 cm³/mol. The third-order valence-corrected chi connectivity index (χ3v) is 6.77. The summed E-state index contributed by atoms with van der Waals surface area (Å²) in [5.74, 6) is -1.69. The molecule has 9 nitrogen and oxygen atoms in total. The molecule has 1 heterocycles. The van der Waals surface area contributed by atoms with Gasteiger partial charge in [0.15, 0.2) is 6.61 Å². The predicted octanol–water partition coefficient (Wildman–Crippen LogP) is 2.61. The van der Waals surface area contributed by atoms with E-state index in [-0.39, 0.29) is 16.5 Å². The highest BCUT2D eigenvalue weighted by Gasteiger charge is 2.36. The summed E-state index contributed by atoms with van der Waals surface area (Å²) in [5.41, 5.74) is 0.984. The number of amides is 3. The van der Waals surface area contributed by atoms with E-state index in [2.05, 4.69) is 10.6 Å². The minimum Gasteiger partial charge on any atom is -0.452 e. The Morgan fingerprint density at radius 1 is 1.09 bits per heavy atom. The van der Waals surface area contributed by atoms with E-state index in [4.69, 9.17) is 4.74 Å². The average molecular weight is 474 g/mol. The Hall–Kier alpha value is -3.40. The van der Waals surface area contributed by atoms with Crippen molar-refractivity contribution in [2.24, 2.45) is 0 Å². The number of esters is 1. The van der Waals surface area contributed by atoms with Crippen molar-refractivity contribution in [1.29, 1.82) is 0 Å². The van der Waals surface area contributed by atoms with Gasteiger partial charge in [0.2, 0.25) is 0 Å². The van der Waals surface area contributed by atoms with E-state index in [1.807, 2.05) is 19.1 Å². The number of para-hydroxylation sites is 1. The minimum atomic E-state index is -3.93. The molecular weight excluding hydrogens is 446 g/mol. The number of nitrogens with zero attached hydrogens (tertiary/aromatic N) is 1. The number of ether oxygens (including phenoxy) is 1. The van der Waals surface area contributed by atoms with Crippen LogP contribution in [0.5, 0.6) is 0 Å². The van der Waals surface area contributed by atoms with Crippen molar-refractivity contribution < 1.29 is 27.5 Å². The number of hydrogen-bond donors (Lipinski definition) is 2. The molecule has 0 aliphatic carbocycles. The first-order valence-electron chi connectivity index (χ1n) is 10.4. The van der Waals surface area contributed by atoms with Gasteiger partial charge in [-0.1, -0.05) is 24.3 Å². The highest BCUT2D eigenvalue weighted by molar-refractivity contribution is 7.92. The summed E-state index contributed by atoms with van der Waals surface area (Å²) in [4.78, 5) is 36.0. The van der Waals surface area contributed by atoms with Crippen LogP contribution in [0.1, 0.15) is 43.6 Å². The van der Waals surface area contributed by atoms with Crippen molar-refractivity contribution in [2.75, 3.05) is 10.9 Å². The molecule has 0 fully saturated rings. The number of benzene rings is 2. The van der Waals surface area contributed by atoms with Crippen LogP contribution in [-0.2, 0) is 26.0 Å². The second-order valence-corrected chi connectivity index (χ2v) is 10.7. The molecule has 1 aliphatic heterocycles. The first-order valence-corrected chi connectivity index (χ1v) is 11.8. The lowest BCUT2D eigenvalue weighted by molar-refractivity contribution is -0.123. The molecule has 2 aromatic carbocycles. The second kappa shape index (κ2) is 9.22. The molecule has 0 bridgehead atoms. The third-order valence-electron chi connectivity index (χ3n) is 4.85. The molecular formula is C23H27N3O6S. The number of carbonyl (C=O) groups excluding carboxylic acids is 3. The van der Waals surface area contributed by atoms with Gasteiger partial charge in [-0.2, -0.15) is 0 Å². The molecule has 1 aliphatic rings. The van der Waals surface area contributed by atoms with E-state index in [1.54, 1.807) is 32.9 Å². The molecule has 2 aromatic rings. The van der Waals surface area contributed by atoms with E-state index >= 15 is 0 Å². The first kappa shape index (κ1) is 24.2. The molecule has 0 aromatic heterocycles. The fraction of sp³-hybridized carbons (Fsp3) is 0.348. The van der Waals surface area contributed by atoms with Crippen molar-refractivity contribution in [2.45, 2.75) is 50.6 Å². The average Bonchev–Trinajstić information content (AvgIpc) is 3.07. The number of fused-ring (bicyclic) bond motifs is 1. The summed E-state index contributed by atoms with van der Waals surface area (Å²) in [6.45, 7) is 6.38. The van der Waals surface area contributed by atoms with Crippen molar-refractivity contribution >= 4 is 33.6 Å². The molecule has 2 N–H and O–H groups in total. The normalized spacial score (nSPS) is 15.5. The van der Waals surface area contributed by atoms with Gasteiger partial charge < -0.3 is 10.1 Å². The van der Waals surface area contributed by atoms with Crippen LogP contribution >= 0.6 is 0 Å². The molecule has 0 saturated heterocycles. The number of nitrogens with one attached hydrogen (secondary N) is 2. The fourth-order valence-corrected chi connectivity index (χ4v) is 5.29. The van der Waals surface area contributed by atoms with E-state index in [0.29, 0.717) is 12.1 Å². The van der Waals surface area contributed by atoms with Crippen LogP contribution in [0, 0.1) is 0 Å². The number of urea groups is 1.